The number of methoxy groups -OCH3 is 1. The SMILES string of the molecule is COc1cc2ncnc(Nc3ccc(Oc4ccn5ncnc5c4)c(Cl)c3F)c2nc1N1CCN(C(C)=O)CC1. The number of anilines is 3. The number of hydrogen-bond acceptors (Lipinski definition) is 10. The molecule has 12 nitrogen and oxygen atoms in total. The topological polar surface area (TPSA) is 123 Å². The Balaban J connectivity index is 1.29. The van der Waals surface area contributed by atoms with Crippen molar-refractivity contribution in [1.29, 1.82) is 0 Å². The van der Waals surface area contributed by atoms with Crippen LogP contribution in [0.4, 0.5) is 21.7 Å². The number of carbonyl (C=O) groups excluding carboxylic acids is 1. The quantitative estimate of drug-likeness (QED) is 0.323. The minimum Gasteiger partial charge on any atom is -0.493 e. The van der Waals surface area contributed by atoms with Crippen LogP contribution in [0.1, 0.15) is 6.92 Å². The van der Waals surface area contributed by atoms with Gasteiger partial charge in [-0.15, -0.1) is 0 Å². The maximum absolute atomic E-state index is 15.4. The highest BCUT2D eigenvalue weighted by Crippen LogP contribution is 2.37. The van der Waals surface area contributed by atoms with E-state index in [2.05, 4.69) is 25.4 Å². The van der Waals surface area contributed by atoms with Crippen LogP contribution in [0.3, 0.4) is 0 Å². The molecular weight excluding hydrogens is 541 g/mol. The van der Waals surface area contributed by atoms with Crippen molar-refractivity contribution in [2.75, 3.05) is 43.5 Å². The van der Waals surface area contributed by atoms with Gasteiger partial charge in [-0.2, -0.15) is 5.10 Å². The summed E-state index contributed by atoms with van der Waals surface area (Å²) in [4.78, 5) is 33.1. The molecule has 1 amide bonds. The molecule has 0 spiro atoms. The molecule has 1 saturated heterocycles. The van der Waals surface area contributed by atoms with Crippen molar-refractivity contribution in [1.82, 2.24) is 34.4 Å². The van der Waals surface area contributed by atoms with Gasteiger partial charge in [-0.1, -0.05) is 11.6 Å². The normalized spacial score (nSPS) is 13.6. The Kier molecular flexibility index (Phi) is 6.64. The fourth-order valence-corrected chi connectivity index (χ4v) is 4.68. The zero-order valence-corrected chi connectivity index (χ0v) is 22.3. The van der Waals surface area contributed by atoms with Gasteiger partial charge in [0.1, 0.15) is 34.7 Å². The van der Waals surface area contributed by atoms with Gasteiger partial charge in [-0.05, 0) is 18.2 Å². The molecule has 1 aliphatic heterocycles. The minimum atomic E-state index is -0.719. The average Bonchev–Trinajstić information content (AvgIpc) is 3.44. The van der Waals surface area contributed by atoms with E-state index in [0.29, 0.717) is 60.2 Å². The van der Waals surface area contributed by atoms with Crippen LogP contribution < -0.4 is 19.7 Å². The van der Waals surface area contributed by atoms with E-state index in [1.54, 1.807) is 53.9 Å². The second kappa shape index (κ2) is 10.4. The first-order chi connectivity index (χ1) is 19.4. The van der Waals surface area contributed by atoms with Crippen LogP contribution in [0, 0.1) is 5.82 Å². The van der Waals surface area contributed by atoms with Gasteiger partial charge < -0.3 is 24.6 Å². The molecule has 1 N–H and O–H groups in total. The van der Waals surface area contributed by atoms with E-state index in [1.165, 1.54) is 18.7 Å². The second-order valence-electron chi connectivity index (χ2n) is 8.99. The van der Waals surface area contributed by atoms with E-state index in [4.69, 9.17) is 26.1 Å². The molecule has 1 aromatic carbocycles. The predicted molar refractivity (Wildman–Crippen MR) is 146 cm³/mol. The van der Waals surface area contributed by atoms with Crippen molar-refractivity contribution in [3.05, 3.63) is 60.0 Å². The monoisotopic (exact) mass is 563 g/mol. The molecule has 1 aliphatic rings. The summed E-state index contributed by atoms with van der Waals surface area (Å²) in [6.07, 6.45) is 4.46. The smallest absolute Gasteiger partial charge is 0.219 e. The number of carbonyl (C=O) groups is 1. The van der Waals surface area contributed by atoms with E-state index in [0.717, 1.165) is 0 Å². The van der Waals surface area contributed by atoms with Crippen LogP contribution in [0.25, 0.3) is 16.7 Å². The number of pyridine rings is 2. The minimum absolute atomic E-state index is 0.0338. The fraction of sp³-hybridized carbons (Fsp3) is 0.231. The number of amides is 1. The van der Waals surface area contributed by atoms with E-state index in [9.17, 15) is 4.79 Å². The summed E-state index contributed by atoms with van der Waals surface area (Å²) in [6.45, 7) is 3.86. The summed E-state index contributed by atoms with van der Waals surface area (Å²) >= 11 is 6.36. The first kappa shape index (κ1) is 25.5. The number of piperazine rings is 1. The van der Waals surface area contributed by atoms with Crippen molar-refractivity contribution in [3.63, 3.8) is 0 Å². The van der Waals surface area contributed by atoms with Crippen LogP contribution in [-0.2, 0) is 4.79 Å². The molecule has 0 bridgehead atoms. The number of fused-ring (bicyclic) bond motifs is 2. The van der Waals surface area contributed by atoms with Gasteiger partial charge >= 0.3 is 0 Å². The number of ether oxygens (including phenoxy) is 2. The highest BCUT2D eigenvalue weighted by atomic mass is 35.5. The van der Waals surface area contributed by atoms with Gasteiger partial charge in [-0.25, -0.2) is 28.8 Å². The number of rotatable bonds is 6. The van der Waals surface area contributed by atoms with E-state index < -0.39 is 5.82 Å². The molecule has 40 heavy (non-hydrogen) atoms. The largest absolute Gasteiger partial charge is 0.493 e. The number of aromatic nitrogens is 6. The molecule has 0 unspecified atom stereocenters. The summed E-state index contributed by atoms with van der Waals surface area (Å²) in [6, 6.07) is 8.16. The molecule has 1 fully saturated rings. The maximum Gasteiger partial charge on any atom is 0.219 e. The number of nitrogens with zero attached hydrogens (tertiary/aromatic N) is 8. The molecule has 6 rings (SSSR count). The Morgan fingerprint density at radius 3 is 2.65 bits per heavy atom. The first-order valence-electron chi connectivity index (χ1n) is 12.3. The molecule has 0 aliphatic carbocycles. The van der Waals surface area contributed by atoms with Crippen LogP contribution in [0.15, 0.2) is 49.2 Å². The number of halogens is 2. The van der Waals surface area contributed by atoms with Crippen molar-refractivity contribution >= 4 is 51.5 Å². The Labute approximate surface area is 232 Å². The standard InChI is InChI=1S/C26H23ClFN9O3/c1-15(38)35-7-9-36(10-8-35)26-20(39-2)12-18-24(34-26)25(31-13-29-18)33-17-3-4-19(22(27)23(17)28)40-16-5-6-37-21(11-16)30-14-32-37/h3-6,11-14H,7-10H2,1-2H3,(H,29,31,33). The molecule has 5 heterocycles. The Hall–Kier alpha value is -4.78. The summed E-state index contributed by atoms with van der Waals surface area (Å²) in [5, 5.41) is 6.83. The van der Waals surface area contributed by atoms with E-state index >= 15 is 4.39 Å². The third-order valence-electron chi connectivity index (χ3n) is 6.58. The zero-order valence-electron chi connectivity index (χ0n) is 21.5. The lowest BCUT2D eigenvalue weighted by atomic mass is 10.2. The van der Waals surface area contributed by atoms with Gasteiger partial charge in [0.25, 0.3) is 0 Å². The van der Waals surface area contributed by atoms with Gasteiger partial charge in [0.2, 0.25) is 5.91 Å². The number of benzene rings is 1. The number of hydrogen-bond donors (Lipinski definition) is 1. The summed E-state index contributed by atoms with van der Waals surface area (Å²) in [5.74, 6) is 1.29. The third-order valence-corrected chi connectivity index (χ3v) is 6.93. The Morgan fingerprint density at radius 1 is 1.05 bits per heavy atom. The fourth-order valence-electron chi connectivity index (χ4n) is 4.48. The summed E-state index contributed by atoms with van der Waals surface area (Å²) in [7, 11) is 1.56. The predicted octanol–water partition coefficient (Wildman–Crippen LogP) is 4.07. The van der Waals surface area contributed by atoms with Crippen molar-refractivity contribution in [2.24, 2.45) is 0 Å². The molecule has 0 radical (unpaired) electrons. The average molecular weight is 564 g/mol. The zero-order chi connectivity index (χ0) is 27.8. The van der Waals surface area contributed by atoms with Crippen LogP contribution in [0.5, 0.6) is 17.2 Å². The molecule has 0 saturated carbocycles. The van der Waals surface area contributed by atoms with Crippen LogP contribution in [0.2, 0.25) is 5.02 Å². The number of nitrogens with one attached hydrogen (secondary N) is 1. The van der Waals surface area contributed by atoms with Crippen molar-refractivity contribution < 1.29 is 18.7 Å². The first-order valence-corrected chi connectivity index (χ1v) is 12.7. The van der Waals surface area contributed by atoms with Crippen LogP contribution in [-0.4, -0.2) is 73.6 Å². The van der Waals surface area contributed by atoms with E-state index in [-0.39, 0.29) is 28.2 Å². The van der Waals surface area contributed by atoms with Gasteiger partial charge in [-0.3, -0.25) is 4.79 Å². The van der Waals surface area contributed by atoms with Gasteiger partial charge in [0, 0.05) is 51.4 Å². The van der Waals surface area contributed by atoms with Crippen molar-refractivity contribution in [3.8, 4) is 17.2 Å². The second-order valence-corrected chi connectivity index (χ2v) is 9.37. The van der Waals surface area contributed by atoms with Crippen molar-refractivity contribution in [2.45, 2.75) is 6.92 Å². The van der Waals surface area contributed by atoms with Crippen LogP contribution >= 0.6 is 11.6 Å². The lowest BCUT2D eigenvalue weighted by molar-refractivity contribution is -0.129. The molecule has 0 atom stereocenters. The third kappa shape index (κ3) is 4.75. The molecule has 4 aromatic heterocycles. The maximum atomic E-state index is 15.4. The molecule has 204 valence electrons. The molecule has 5 aromatic rings. The highest BCUT2D eigenvalue weighted by Gasteiger charge is 2.24. The Morgan fingerprint density at radius 2 is 1.88 bits per heavy atom. The molecular formula is C26H23ClFN9O3. The van der Waals surface area contributed by atoms with E-state index in [1.807, 2.05) is 4.90 Å². The molecule has 14 heteroatoms. The van der Waals surface area contributed by atoms with Gasteiger partial charge in [0.15, 0.2) is 28.8 Å². The lowest BCUT2D eigenvalue weighted by Crippen LogP contribution is -2.48. The summed E-state index contributed by atoms with van der Waals surface area (Å²) in [5.41, 5.74) is 1.59. The highest BCUT2D eigenvalue weighted by molar-refractivity contribution is 6.32. The van der Waals surface area contributed by atoms with Gasteiger partial charge in [0.05, 0.1) is 18.3 Å². The summed E-state index contributed by atoms with van der Waals surface area (Å²) < 4.78 is 28.4. The lowest BCUT2D eigenvalue weighted by Gasteiger charge is -2.35. The Bertz CT molecular complexity index is 1740.